The van der Waals surface area contributed by atoms with E-state index in [1.807, 2.05) is 30.5 Å². The highest BCUT2D eigenvalue weighted by molar-refractivity contribution is 7.22. The highest BCUT2D eigenvalue weighted by Crippen LogP contribution is 2.30. The number of fused-ring (bicyclic) bond motifs is 1. The van der Waals surface area contributed by atoms with E-state index in [9.17, 15) is 4.79 Å². The second kappa shape index (κ2) is 8.27. The summed E-state index contributed by atoms with van der Waals surface area (Å²) in [7, 11) is 0. The Morgan fingerprint density at radius 1 is 1.04 bits per heavy atom. The molecule has 1 N–H and O–H groups in total. The average molecular weight is 388 g/mol. The molecular weight excluding hydrogens is 368 g/mol. The maximum atomic E-state index is 11.2. The zero-order valence-electron chi connectivity index (χ0n) is 15.6. The van der Waals surface area contributed by atoms with E-state index in [-0.39, 0.29) is 5.91 Å². The molecule has 0 bridgehead atoms. The molecule has 0 atom stereocenters. The third kappa shape index (κ3) is 4.40. The first kappa shape index (κ1) is 18.3. The van der Waals surface area contributed by atoms with E-state index in [0.29, 0.717) is 5.13 Å². The van der Waals surface area contributed by atoms with Gasteiger partial charge in [-0.25, -0.2) is 15.0 Å². The summed E-state index contributed by atoms with van der Waals surface area (Å²) < 4.78 is 1.02. The van der Waals surface area contributed by atoms with Crippen molar-refractivity contribution < 1.29 is 4.79 Å². The van der Waals surface area contributed by atoms with Gasteiger partial charge < -0.3 is 5.32 Å². The summed E-state index contributed by atoms with van der Waals surface area (Å²) in [6.07, 6.45) is 4.70. The fourth-order valence-corrected chi connectivity index (χ4v) is 4.01. The Labute approximate surface area is 167 Å². The Morgan fingerprint density at radius 2 is 1.89 bits per heavy atom. The van der Waals surface area contributed by atoms with Crippen LogP contribution in [0.15, 0.2) is 60.8 Å². The molecule has 140 valence electrons. The van der Waals surface area contributed by atoms with Crippen molar-refractivity contribution in [1.29, 1.82) is 0 Å². The number of aryl methyl sites for hydroxylation is 2. The van der Waals surface area contributed by atoms with Gasteiger partial charge in [0.25, 0.3) is 0 Å². The normalized spacial score (nSPS) is 10.9. The van der Waals surface area contributed by atoms with Crippen molar-refractivity contribution in [3.05, 3.63) is 72.2 Å². The summed E-state index contributed by atoms with van der Waals surface area (Å²) >= 11 is 1.46. The van der Waals surface area contributed by atoms with Crippen LogP contribution in [-0.2, 0) is 17.6 Å². The molecule has 4 rings (SSSR count). The molecule has 0 aliphatic rings. The molecule has 0 radical (unpaired) electrons. The minimum atomic E-state index is -0.116. The zero-order valence-corrected chi connectivity index (χ0v) is 16.4. The van der Waals surface area contributed by atoms with Crippen molar-refractivity contribution in [3.63, 3.8) is 0 Å². The monoisotopic (exact) mass is 388 g/mol. The fraction of sp³-hybridized carbons (Fsp3) is 0.182. The highest BCUT2D eigenvalue weighted by Gasteiger charge is 2.08. The molecule has 1 amide bonds. The fourth-order valence-electron chi connectivity index (χ4n) is 3.06. The number of thiazole rings is 1. The van der Waals surface area contributed by atoms with Crippen LogP contribution in [0, 0.1) is 0 Å². The number of hydrogen-bond donors (Lipinski definition) is 1. The summed E-state index contributed by atoms with van der Waals surface area (Å²) in [5.41, 5.74) is 4.14. The molecule has 0 fully saturated rings. The molecule has 6 heteroatoms. The van der Waals surface area contributed by atoms with Crippen molar-refractivity contribution in [3.8, 4) is 11.3 Å². The second-order valence-corrected chi connectivity index (χ2v) is 7.61. The Kier molecular flexibility index (Phi) is 5.39. The van der Waals surface area contributed by atoms with Crippen LogP contribution in [-0.4, -0.2) is 20.9 Å². The first-order valence-corrected chi connectivity index (χ1v) is 10.0. The van der Waals surface area contributed by atoms with E-state index in [1.54, 1.807) is 0 Å². The number of nitrogens with zero attached hydrogens (tertiary/aromatic N) is 3. The van der Waals surface area contributed by atoms with E-state index in [0.717, 1.165) is 46.6 Å². The number of anilines is 1. The smallest absolute Gasteiger partial charge is 0.223 e. The first-order chi connectivity index (χ1) is 13.7. The van der Waals surface area contributed by atoms with Crippen molar-refractivity contribution in [1.82, 2.24) is 15.0 Å². The number of amides is 1. The summed E-state index contributed by atoms with van der Waals surface area (Å²) in [4.78, 5) is 24.8. The number of carbonyl (C=O) groups excluding carboxylic acids is 1. The van der Waals surface area contributed by atoms with E-state index in [1.165, 1.54) is 23.8 Å². The Balaban J connectivity index is 1.49. The van der Waals surface area contributed by atoms with Gasteiger partial charge in [0.15, 0.2) is 5.13 Å². The van der Waals surface area contributed by atoms with Gasteiger partial charge in [0.1, 0.15) is 5.82 Å². The number of nitrogens with one attached hydrogen (secondary N) is 1. The minimum Gasteiger partial charge on any atom is -0.302 e. The molecule has 5 nitrogen and oxygen atoms in total. The maximum absolute atomic E-state index is 11.2. The standard InChI is InChI=1S/C22H20N4OS/c1-15(27)24-22-26-19-11-10-17(14-20(19)28-22)18-12-13-23-21(25-18)9-5-8-16-6-3-2-4-7-16/h2-4,6-7,10-14H,5,8-9H2,1H3,(H,24,26,27). The quantitative estimate of drug-likeness (QED) is 0.511. The number of rotatable bonds is 6. The summed E-state index contributed by atoms with van der Waals surface area (Å²) in [5, 5.41) is 3.36. The van der Waals surface area contributed by atoms with Crippen molar-refractivity contribution in [2.24, 2.45) is 0 Å². The average Bonchev–Trinajstić information content (AvgIpc) is 3.09. The van der Waals surface area contributed by atoms with Crippen LogP contribution < -0.4 is 5.32 Å². The maximum Gasteiger partial charge on any atom is 0.223 e. The lowest BCUT2D eigenvalue weighted by Gasteiger charge is -2.05. The Bertz CT molecular complexity index is 1110. The summed E-state index contributed by atoms with van der Waals surface area (Å²) in [6.45, 7) is 1.48. The van der Waals surface area contributed by atoms with E-state index in [2.05, 4.69) is 45.6 Å². The van der Waals surface area contributed by atoms with Crippen molar-refractivity contribution in [2.45, 2.75) is 26.2 Å². The van der Waals surface area contributed by atoms with Gasteiger partial charge in [0.2, 0.25) is 5.91 Å². The lowest BCUT2D eigenvalue weighted by molar-refractivity contribution is -0.114. The van der Waals surface area contributed by atoms with Crippen LogP contribution in [0.4, 0.5) is 5.13 Å². The van der Waals surface area contributed by atoms with Gasteiger partial charge >= 0.3 is 0 Å². The topological polar surface area (TPSA) is 67.8 Å². The molecule has 4 aromatic rings. The molecule has 0 aliphatic heterocycles. The van der Waals surface area contributed by atoms with Crippen LogP contribution in [0.25, 0.3) is 21.5 Å². The van der Waals surface area contributed by atoms with Gasteiger partial charge in [-0.3, -0.25) is 4.79 Å². The predicted molar refractivity (Wildman–Crippen MR) is 113 cm³/mol. The summed E-state index contributed by atoms with van der Waals surface area (Å²) in [6, 6.07) is 18.4. The lowest BCUT2D eigenvalue weighted by atomic mass is 10.1. The van der Waals surface area contributed by atoms with Crippen LogP contribution in [0.1, 0.15) is 24.7 Å². The number of benzene rings is 2. The van der Waals surface area contributed by atoms with E-state index in [4.69, 9.17) is 4.98 Å². The van der Waals surface area contributed by atoms with Crippen LogP contribution >= 0.6 is 11.3 Å². The molecule has 0 unspecified atom stereocenters. The van der Waals surface area contributed by atoms with Crippen LogP contribution in [0.3, 0.4) is 0 Å². The Hall–Kier alpha value is -3.12. The number of carbonyl (C=O) groups is 1. The van der Waals surface area contributed by atoms with Gasteiger partial charge in [0, 0.05) is 25.1 Å². The molecule has 0 spiro atoms. The van der Waals surface area contributed by atoms with Crippen LogP contribution in [0.2, 0.25) is 0 Å². The third-order valence-corrected chi connectivity index (χ3v) is 5.31. The molecule has 2 aromatic carbocycles. The zero-order chi connectivity index (χ0) is 19.3. The van der Waals surface area contributed by atoms with E-state index >= 15 is 0 Å². The first-order valence-electron chi connectivity index (χ1n) is 9.22. The molecule has 0 aliphatic carbocycles. The number of hydrogen-bond acceptors (Lipinski definition) is 5. The molecule has 0 saturated carbocycles. The van der Waals surface area contributed by atoms with Crippen LogP contribution in [0.5, 0.6) is 0 Å². The third-order valence-electron chi connectivity index (χ3n) is 4.38. The largest absolute Gasteiger partial charge is 0.302 e. The SMILES string of the molecule is CC(=O)Nc1nc2ccc(-c3ccnc(CCCc4ccccc4)n3)cc2s1. The molecule has 2 aromatic heterocycles. The number of aromatic nitrogens is 3. The van der Waals surface area contributed by atoms with Crippen molar-refractivity contribution in [2.75, 3.05) is 5.32 Å². The molecule has 2 heterocycles. The Morgan fingerprint density at radius 3 is 2.71 bits per heavy atom. The van der Waals surface area contributed by atoms with Gasteiger partial charge in [-0.15, -0.1) is 0 Å². The molecule has 0 saturated heterocycles. The van der Waals surface area contributed by atoms with E-state index < -0.39 is 0 Å². The predicted octanol–water partition coefficient (Wildman–Crippen LogP) is 4.89. The summed E-state index contributed by atoms with van der Waals surface area (Å²) in [5.74, 6) is 0.743. The van der Waals surface area contributed by atoms with Gasteiger partial charge in [-0.1, -0.05) is 47.7 Å². The molecular formula is C22H20N4OS. The second-order valence-electron chi connectivity index (χ2n) is 6.58. The van der Waals surface area contributed by atoms with Gasteiger partial charge in [-0.05, 0) is 36.6 Å². The molecule has 28 heavy (non-hydrogen) atoms. The van der Waals surface area contributed by atoms with Gasteiger partial charge in [-0.2, -0.15) is 0 Å². The lowest BCUT2D eigenvalue weighted by Crippen LogP contribution is -2.04. The van der Waals surface area contributed by atoms with Crippen molar-refractivity contribution >= 4 is 32.6 Å². The van der Waals surface area contributed by atoms with Gasteiger partial charge in [0.05, 0.1) is 15.9 Å². The highest BCUT2D eigenvalue weighted by atomic mass is 32.1. The minimum absolute atomic E-state index is 0.116.